The molecule has 1 aromatic carbocycles. The molecule has 0 aliphatic heterocycles. The van der Waals surface area contributed by atoms with Crippen molar-refractivity contribution in [3.63, 3.8) is 0 Å². The van der Waals surface area contributed by atoms with E-state index in [0.717, 1.165) is 41.8 Å². The summed E-state index contributed by atoms with van der Waals surface area (Å²) in [4.78, 5) is 17.1. The predicted octanol–water partition coefficient (Wildman–Crippen LogP) is 3.32. The molecule has 7 heteroatoms. The Morgan fingerprint density at radius 3 is 2.62 bits per heavy atom. The minimum atomic E-state index is -0.0167. The summed E-state index contributed by atoms with van der Waals surface area (Å²) in [5.74, 6) is 0.781. The summed E-state index contributed by atoms with van der Waals surface area (Å²) in [6.45, 7) is 4.91. The van der Waals surface area contributed by atoms with Gasteiger partial charge in [-0.15, -0.1) is 11.3 Å². The van der Waals surface area contributed by atoms with E-state index < -0.39 is 0 Å². The molecule has 3 N–H and O–H groups in total. The molecule has 0 radical (unpaired) electrons. The van der Waals surface area contributed by atoms with Crippen LogP contribution in [0.25, 0.3) is 0 Å². The van der Waals surface area contributed by atoms with Crippen LogP contribution < -0.4 is 16.0 Å². The summed E-state index contributed by atoms with van der Waals surface area (Å²) in [7, 11) is 0. The number of nitrogens with one attached hydrogen (secondary N) is 3. The number of benzene rings is 1. The maximum Gasteiger partial charge on any atom is 0.261 e. The molecule has 0 aliphatic carbocycles. The summed E-state index contributed by atoms with van der Waals surface area (Å²) in [6.07, 6.45) is 1.70. The van der Waals surface area contributed by atoms with Gasteiger partial charge in [-0.3, -0.25) is 9.79 Å². The highest BCUT2D eigenvalue weighted by molar-refractivity contribution is 7.12. The van der Waals surface area contributed by atoms with Crippen LogP contribution >= 0.6 is 22.9 Å². The molecule has 0 aliphatic rings. The van der Waals surface area contributed by atoms with Crippen LogP contribution in [0.15, 0.2) is 46.8 Å². The molecular formula is C19H25ClN4OS. The first kappa shape index (κ1) is 20.3. The molecule has 2 aromatic rings. The van der Waals surface area contributed by atoms with Crippen LogP contribution in [-0.4, -0.2) is 38.0 Å². The maximum atomic E-state index is 11.8. The van der Waals surface area contributed by atoms with E-state index in [1.54, 1.807) is 0 Å². The van der Waals surface area contributed by atoms with Crippen LogP contribution in [0.3, 0.4) is 0 Å². The average molecular weight is 393 g/mol. The third kappa shape index (κ3) is 7.45. The first-order valence-electron chi connectivity index (χ1n) is 8.77. The molecule has 1 amide bonds. The lowest BCUT2D eigenvalue weighted by atomic mass is 10.1. The zero-order chi connectivity index (χ0) is 18.6. The normalized spacial score (nSPS) is 11.2. The minimum absolute atomic E-state index is 0.0167. The molecule has 0 spiro atoms. The highest BCUT2D eigenvalue weighted by Gasteiger charge is 2.04. The summed E-state index contributed by atoms with van der Waals surface area (Å²) in [6, 6.07) is 11.6. The van der Waals surface area contributed by atoms with Gasteiger partial charge in [-0.25, -0.2) is 0 Å². The van der Waals surface area contributed by atoms with Gasteiger partial charge in [0.25, 0.3) is 5.91 Å². The van der Waals surface area contributed by atoms with Gasteiger partial charge >= 0.3 is 0 Å². The highest BCUT2D eigenvalue weighted by atomic mass is 35.5. The van der Waals surface area contributed by atoms with Gasteiger partial charge in [-0.2, -0.15) is 0 Å². The van der Waals surface area contributed by atoms with Crippen LogP contribution in [0.5, 0.6) is 0 Å². The van der Waals surface area contributed by atoms with E-state index in [1.807, 2.05) is 48.7 Å². The zero-order valence-electron chi connectivity index (χ0n) is 14.9. The SMILES string of the molecule is CCNC(=NCCCNC(=O)c1cccs1)NCCc1ccc(Cl)cc1. The molecule has 0 fully saturated rings. The Labute approximate surface area is 163 Å². The van der Waals surface area contributed by atoms with Gasteiger partial charge in [0.2, 0.25) is 0 Å². The van der Waals surface area contributed by atoms with E-state index >= 15 is 0 Å². The van der Waals surface area contributed by atoms with Gasteiger partial charge in [0.1, 0.15) is 0 Å². The van der Waals surface area contributed by atoms with E-state index in [0.29, 0.717) is 13.1 Å². The third-order valence-corrected chi connectivity index (χ3v) is 4.72. The standard InChI is InChI=1S/C19H25ClN4OS/c1-2-21-19(24-13-10-15-6-8-16(20)9-7-15)23-12-4-11-22-18(25)17-5-3-14-26-17/h3,5-9,14H,2,4,10-13H2,1H3,(H,22,25)(H2,21,23,24). The number of amides is 1. The number of hydrogen-bond acceptors (Lipinski definition) is 3. The molecule has 26 heavy (non-hydrogen) atoms. The van der Waals surface area contributed by atoms with E-state index in [2.05, 4.69) is 20.9 Å². The molecule has 1 aromatic heterocycles. The van der Waals surface area contributed by atoms with Gasteiger partial charge in [-0.1, -0.05) is 29.8 Å². The molecule has 140 valence electrons. The molecular weight excluding hydrogens is 368 g/mol. The molecule has 0 unspecified atom stereocenters. The predicted molar refractivity (Wildman–Crippen MR) is 110 cm³/mol. The fourth-order valence-corrected chi connectivity index (χ4v) is 3.05. The van der Waals surface area contributed by atoms with Gasteiger partial charge in [0.15, 0.2) is 5.96 Å². The van der Waals surface area contributed by atoms with Crippen molar-refractivity contribution in [1.29, 1.82) is 0 Å². The molecule has 1 heterocycles. The number of carbonyl (C=O) groups is 1. The molecule has 2 rings (SSSR count). The lowest BCUT2D eigenvalue weighted by molar-refractivity contribution is 0.0957. The number of rotatable bonds is 9. The fraction of sp³-hybridized carbons (Fsp3) is 0.368. The van der Waals surface area contributed by atoms with E-state index in [9.17, 15) is 4.79 Å². The smallest absolute Gasteiger partial charge is 0.261 e. The number of thiophene rings is 1. The summed E-state index contributed by atoms with van der Waals surface area (Å²) in [5.41, 5.74) is 1.23. The van der Waals surface area contributed by atoms with Crippen molar-refractivity contribution in [3.8, 4) is 0 Å². The number of halogens is 1. The molecule has 0 saturated heterocycles. The van der Waals surface area contributed by atoms with Crippen LogP contribution in [0, 0.1) is 0 Å². The summed E-state index contributed by atoms with van der Waals surface area (Å²) in [5, 5.41) is 12.1. The molecule has 0 atom stereocenters. The second kappa shape index (κ2) is 11.5. The maximum absolute atomic E-state index is 11.8. The third-order valence-electron chi connectivity index (χ3n) is 3.60. The first-order valence-corrected chi connectivity index (χ1v) is 10.0. The van der Waals surface area contributed by atoms with Crippen molar-refractivity contribution in [2.45, 2.75) is 19.8 Å². The van der Waals surface area contributed by atoms with Crippen molar-refractivity contribution < 1.29 is 4.79 Å². The fourth-order valence-electron chi connectivity index (χ4n) is 2.28. The average Bonchev–Trinajstić information content (AvgIpc) is 3.17. The number of nitrogens with zero attached hydrogens (tertiary/aromatic N) is 1. The number of guanidine groups is 1. The van der Waals surface area contributed by atoms with Crippen LogP contribution in [-0.2, 0) is 6.42 Å². The Morgan fingerprint density at radius 2 is 1.92 bits per heavy atom. The Hall–Kier alpha value is -2.05. The van der Waals surface area contributed by atoms with Crippen LogP contribution in [0.1, 0.15) is 28.6 Å². The topological polar surface area (TPSA) is 65.5 Å². The Bertz CT molecular complexity index is 686. The second-order valence-corrected chi connectivity index (χ2v) is 7.03. The second-order valence-electron chi connectivity index (χ2n) is 5.65. The van der Waals surface area contributed by atoms with Crippen molar-refractivity contribution in [3.05, 3.63) is 57.2 Å². The monoisotopic (exact) mass is 392 g/mol. The van der Waals surface area contributed by atoms with Crippen molar-refractivity contribution in [2.24, 2.45) is 4.99 Å². The summed E-state index contributed by atoms with van der Waals surface area (Å²) >= 11 is 7.35. The summed E-state index contributed by atoms with van der Waals surface area (Å²) < 4.78 is 0. The minimum Gasteiger partial charge on any atom is -0.357 e. The Balaban J connectivity index is 1.66. The molecule has 5 nitrogen and oxygen atoms in total. The van der Waals surface area contributed by atoms with E-state index in [1.165, 1.54) is 16.9 Å². The largest absolute Gasteiger partial charge is 0.357 e. The zero-order valence-corrected chi connectivity index (χ0v) is 16.5. The number of carbonyl (C=O) groups excluding carboxylic acids is 1. The van der Waals surface area contributed by atoms with Gasteiger partial charge in [0.05, 0.1) is 4.88 Å². The van der Waals surface area contributed by atoms with Gasteiger partial charge < -0.3 is 16.0 Å². The Morgan fingerprint density at radius 1 is 1.12 bits per heavy atom. The van der Waals surface area contributed by atoms with E-state index in [4.69, 9.17) is 11.6 Å². The van der Waals surface area contributed by atoms with Gasteiger partial charge in [-0.05, 0) is 48.9 Å². The van der Waals surface area contributed by atoms with Crippen LogP contribution in [0.2, 0.25) is 5.02 Å². The first-order chi connectivity index (χ1) is 12.7. The van der Waals surface area contributed by atoms with E-state index in [-0.39, 0.29) is 5.91 Å². The van der Waals surface area contributed by atoms with Crippen molar-refractivity contribution in [1.82, 2.24) is 16.0 Å². The van der Waals surface area contributed by atoms with Crippen molar-refractivity contribution >= 4 is 34.8 Å². The number of aliphatic imine (C=N–C) groups is 1. The lowest BCUT2D eigenvalue weighted by Gasteiger charge is -2.11. The lowest BCUT2D eigenvalue weighted by Crippen LogP contribution is -2.38. The molecule has 0 saturated carbocycles. The highest BCUT2D eigenvalue weighted by Crippen LogP contribution is 2.09. The van der Waals surface area contributed by atoms with Gasteiger partial charge in [0, 0.05) is 31.2 Å². The van der Waals surface area contributed by atoms with Crippen LogP contribution in [0.4, 0.5) is 0 Å². The molecule has 0 bridgehead atoms. The quantitative estimate of drug-likeness (QED) is 0.348. The Kier molecular flexibility index (Phi) is 9.00. The number of hydrogen-bond donors (Lipinski definition) is 3. The van der Waals surface area contributed by atoms with Crippen molar-refractivity contribution in [2.75, 3.05) is 26.2 Å².